The zero-order valence-corrected chi connectivity index (χ0v) is 16.4. The molecular weight excluding hydrogens is 320 g/mol. The number of carbonyl (C=O) groups excluding carboxylic acids is 2. The van der Waals surface area contributed by atoms with Gasteiger partial charge in [0.1, 0.15) is 0 Å². The van der Waals surface area contributed by atoms with Crippen LogP contribution in [-0.2, 0) is 14.3 Å². The molecule has 0 radical (unpaired) electrons. The highest BCUT2D eigenvalue weighted by Crippen LogP contribution is 2.15. The van der Waals surface area contributed by atoms with Crippen molar-refractivity contribution in [2.45, 2.75) is 45.4 Å². The van der Waals surface area contributed by atoms with Gasteiger partial charge in [-0.15, -0.1) is 0 Å². The third kappa shape index (κ3) is 5.66. The molecule has 0 aromatic heterocycles. The zero-order valence-electron chi connectivity index (χ0n) is 16.4. The maximum absolute atomic E-state index is 12.9. The molecule has 2 saturated heterocycles. The van der Waals surface area contributed by atoms with Gasteiger partial charge in [-0.25, -0.2) is 0 Å². The average molecular weight is 354 g/mol. The van der Waals surface area contributed by atoms with Crippen molar-refractivity contribution in [3.8, 4) is 0 Å². The molecule has 0 aliphatic carbocycles. The van der Waals surface area contributed by atoms with Gasteiger partial charge in [-0.2, -0.15) is 0 Å². The van der Waals surface area contributed by atoms with Crippen molar-refractivity contribution in [1.82, 2.24) is 19.6 Å². The van der Waals surface area contributed by atoms with Crippen LogP contribution in [0.1, 0.15) is 27.2 Å². The predicted molar refractivity (Wildman–Crippen MR) is 97.4 cm³/mol. The highest BCUT2D eigenvalue weighted by Gasteiger charge is 2.32. The Balaban J connectivity index is 1.88. The fourth-order valence-electron chi connectivity index (χ4n) is 3.65. The lowest BCUT2D eigenvalue weighted by atomic mass is 10.1. The summed E-state index contributed by atoms with van der Waals surface area (Å²) in [5.74, 6) is 0.327. The summed E-state index contributed by atoms with van der Waals surface area (Å²) in [7, 11) is 3.58. The first kappa shape index (κ1) is 20.1. The van der Waals surface area contributed by atoms with Crippen LogP contribution in [0.4, 0.5) is 0 Å². The molecule has 2 aliphatic rings. The summed E-state index contributed by atoms with van der Waals surface area (Å²) in [5.41, 5.74) is 0. The highest BCUT2D eigenvalue weighted by molar-refractivity contribution is 5.81. The van der Waals surface area contributed by atoms with Crippen molar-refractivity contribution in [3.05, 3.63) is 0 Å². The van der Waals surface area contributed by atoms with Gasteiger partial charge in [0.25, 0.3) is 0 Å². The van der Waals surface area contributed by atoms with Crippen LogP contribution in [0.2, 0.25) is 0 Å². The summed E-state index contributed by atoms with van der Waals surface area (Å²) in [6.45, 7) is 11.3. The molecule has 3 unspecified atom stereocenters. The highest BCUT2D eigenvalue weighted by atomic mass is 16.5. The van der Waals surface area contributed by atoms with Gasteiger partial charge in [0.15, 0.2) is 0 Å². The molecule has 0 saturated carbocycles. The van der Waals surface area contributed by atoms with Crippen molar-refractivity contribution in [3.63, 3.8) is 0 Å². The third-order valence-corrected chi connectivity index (χ3v) is 5.12. The second-order valence-electron chi connectivity index (χ2n) is 7.63. The Morgan fingerprint density at radius 2 is 1.72 bits per heavy atom. The summed E-state index contributed by atoms with van der Waals surface area (Å²) in [6, 6.07) is -0.123. The van der Waals surface area contributed by atoms with E-state index in [0.29, 0.717) is 19.6 Å². The summed E-state index contributed by atoms with van der Waals surface area (Å²) >= 11 is 0. The molecule has 2 heterocycles. The van der Waals surface area contributed by atoms with Gasteiger partial charge in [0, 0.05) is 46.8 Å². The van der Waals surface area contributed by atoms with Gasteiger partial charge in [0.05, 0.1) is 24.8 Å². The first-order valence-electron chi connectivity index (χ1n) is 9.38. The molecule has 0 aromatic carbocycles. The summed E-state index contributed by atoms with van der Waals surface area (Å²) in [5, 5.41) is 0. The minimum Gasteiger partial charge on any atom is -0.372 e. The van der Waals surface area contributed by atoms with Crippen molar-refractivity contribution in [1.29, 1.82) is 0 Å². The number of rotatable bonds is 4. The van der Waals surface area contributed by atoms with E-state index in [4.69, 9.17) is 4.74 Å². The lowest BCUT2D eigenvalue weighted by Gasteiger charge is -2.38. The quantitative estimate of drug-likeness (QED) is 0.717. The van der Waals surface area contributed by atoms with E-state index in [2.05, 4.69) is 9.80 Å². The number of hydrogen-bond acceptors (Lipinski definition) is 5. The van der Waals surface area contributed by atoms with Crippen LogP contribution in [-0.4, -0.2) is 110 Å². The van der Waals surface area contributed by atoms with E-state index in [1.807, 2.05) is 25.7 Å². The first-order valence-corrected chi connectivity index (χ1v) is 9.38. The van der Waals surface area contributed by atoms with Crippen LogP contribution in [0.3, 0.4) is 0 Å². The standard InChI is InChI=1S/C18H34N4O3/c1-14-11-22(12-15(2)25-14)18(24)16(3)21-8-6-7-20(9-10-21)13-17(23)19(4)5/h14-16H,6-13H2,1-5H3. The minimum atomic E-state index is -0.123. The van der Waals surface area contributed by atoms with Crippen LogP contribution in [0, 0.1) is 0 Å². The molecule has 2 aliphatic heterocycles. The van der Waals surface area contributed by atoms with Crippen LogP contribution in [0.25, 0.3) is 0 Å². The first-order chi connectivity index (χ1) is 11.8. The third-order valence-electron chi connectivity index (χ3n) is 5.12. The lowest BCUT2D eigenvalue weighted by Crippen LogP contribution is -2.54. The average Bonchev–Trinajstić information content (AvgIpc) is 2.78. The molecule has 144 valence electrons. The Morgan fingerprint density at radius 3 is 2.32 bits per heavy atom. The number of morpholine rings is 1. The van der Waals surface area contributed by atoms with E-state index in [1.54, 1.807) is 19.0 Å². The number of nitrogens with zero attached hydrogens (tertiary/aromatic N) is 4. The minimum absolute atomic E-state index is 0.0940. The Labute approximate surface area is 151 Å². The maximum atomic E-state index is 12.9. The maximum Gasteiger partial charge on any atom is 0.239 e. The second kappa shape index (κ2) is 8.96. The smallest absolute Gasteiger partial charge is 0.239 e. The molecule has 0 N–H and O–H groups in total. The number of hydrogen-bond donors (Lipinski definition) is 0. The summed E-state index contributed by atoms with van der Waals surface area (Å²) in [4.78, 5) is 32.8. The van der Waals surface area contributed by atoms with E-state index in [9.17, 15) is 9.59 Å². The SMILES string of the molecule is CC1CN(C(=O)C(C)N2CCCN(CC(=O)N(C)C)CC2)CC(C)O1. The van der Waals surface area contributed by atoms with Crippen molar-refractivity contribution in [2.75, 3.05) is 59.9 Å². The van der Waals surface area contributed by atoms with Crippen LogP contribution >= 0.6 is 0 Å². The molecule has 0 bridgehead atoms. The lowest BCUT2D eigenvalue weighted by molar-refractivity contribution is -0.148. The molecule has 2 fully saturated rings. The largest absolute Gasteiger partial charge is 0.372 e. The van der Waals surface area contributed by atoms with Gasteiger partial charge in [0.2, 0.25) is 11.8 Å². The topological polar surface area (TPSA) is 56.3 Å². The van der Waals surface area contributed by atoms with Crippen molar-refractivity contribution in [2.24, 2.45) is 0 Å². The van der Waals surface area contributed by atoms with E-state index in [-0.39, 0.29) is 30.1 Å². The monoisotopic (exact) mass is 354 g/mol. The molecule has 2 amide bonds. The van der Waals surface area contributed by atoms with Crippen molar-refractivity contribution >= 4 is 11.8 Å². The molecule has 0 spiro atoms. The van der Waals surface area contributed by atoms with E-state index in [1.165, 1.54) is 0 Å². The number of ether oxygens (including phenoxy) is 1. The molecule has 7 nitrogen and oxygen atoms in total. The molecule has 7 heteroatoms. The predicted octanol–water partition coefficient (Wildman–Crippen LogP) is 0.107. The fraction of sp³-hybridized carbons (Fsp3) is 0.889. The van der Waals surface area contributed by atoms with Gasteiger partial charge >= 0.3 is 0 Å². The number of likely N-dealkylation sites (N-methyl/N-ethyl adjacent to an activating group) is 1. The van der Waals surface area contributed by atoms with E-state index < -0.39 is 0 Å². The van der Waals surface area contributed by atoms with Crippen LogP contribution in [0.15, 0.2) is 0 Å². The van der Waals surface area contributed by atoms with Crippen LogP contribution < -0.4 is 0 Å². The van der Waals surface area contributed by atoms with Crippen molar-refractivity contribution < 1.29 is 14.3 Å². The Kier molecular flexibility index (Phi) is 7.22. The Hall–Kier alpha value is -1.18. The molecule has 2 rings (SSSR count). The van der Waals surface area contributed by atoms with Gasteiger partial charge in [-0.05, 0) is 33.7 Å². The van der Waals surface area contributed by atoms with Gasteiger partial charge < -0.3 is 14.5 Å². The van der Waals surface area contributed by atoms with Gasteiger partial charge in [-0.3, -0.25) is 19.4 Å². The Bertz CT molecular complexity index is 461. The van der Waals surface area contributed by atoms with E-state index in [0.717, 1.165) is 32.6 Å². The van der Waals surface area contributed by atoms with E-state index >= 15 is 0 Å². The van der Waals surface area contributed by atoms with Crippen LogP contribution in [0.5, 0.6) is 0 Å². The molecular formula is C18H34N4O3. The van der Waals surface area contributed by atoms with Gasteiger partial charge in [-0.1, -0.05) is 0 Å². The molecule has 3 atom stereocenters. The number of carbonyl (C=O) groups is 2. The molecule has 0 aromatic rings. The summed E-state index contributed by atoms with van der Waals surface area (Å²) in [6.07, 6.45) is 1.17. The fourth-order valence-corrected chi connectivity index (χ4v) is 3.65. The summed E-state index contributed by atoms with van der Waals surface area (Å²) < 4.78 is 5.73. The Morgan fingerprint density at radius 1 is 1.08 bits per heavy atom. The second-order valence-corrected chi connectivity index (χ2v) is 7.63. The molecule has 25 heavy (non-hydrogen) atoms. The number of amides is 2. The zero-order chi connectivity index (χ0) is 18.6. The normalized spacial score (nSPS) is 27.6.